The fraction of sp³-hybridized carbons (Fsp3) is 0.654. The molecule has 4 atom stereocenters. The highest BCUT2D eigenvalue weighted by molar-refractivity contribution is 6.17. The van der Waals surface area contributed by atoms with Crippen LogP contribution in [0.15, 0.2) is 33.9 Å². The standard InChI is InChI=1S/C26H39FN6O3/c1-6-18-10-7-8-13-33(18)22(34)14-21(30-26(36)32(5)15-16(2)3)25(35)28-17(4)24-29-20-12-9-11-19(27)23(20)31-24/h9,11-12,16-19,21H,6-8,10,13-15H2,1-5H3,(H,28,35)(H,30,36)/t17-,18-,19?,21-/m0/s1. The largest absolute Gasteiger partial charge is 0.345 e. The number of nitrogens with one attached hydrogen (secondary N) is 2. The number of hydrogen-bond donors (Lipinski definition) is 2. The number of carbonyl (C=O) groups is 3. The number of alkyl halides is 1. The molecule has 1 aliphatic carbocycles. The van der Waals surface area contributed by atoms with Gasteiger partial charge in [0, 0.05) is 26.2 Å². The highest BCUT2D eigenvalue weighted by Crippen LogP contribution is 2.22. The topological polar surface area (TPSA) is 106 Å². The van der Waals surface area contributed by atoms with Crippen LogP contribution in [0.25, 0.3) is 0 Å². The number of fused-ring (bicyclic) bond motifs is 1. The fourth-order valence-electron chi connectivity index (χ4n) is 4.76. The maximum Gasteiger partial charge on any atom is 0.317 e. The summed E-state index contributed by atoms with van der Waals surface area (Å²) in [4.78, 5) is 51.4. The summed E-state index contributed by atoms with van der Waals surface area (Å²) in [6.45, 7) is 8.91. The number of nitrogens with zero attached hydrogens (tertiary/aromatic N) is 4. The summed E-state index contributed by atoms with van der Waals surface area (Å²) in [5.41, 5.74) is 0.659. The lowest BCUT2D eigenvalue weighted by Gasteiger charge is -2.36. The van der Waals surface area contributed by atoms with E-state index in [4.69, 9.17) is 0 Å². The molecular formula is C26H39FN6O3. The average molecular weight is 503 g/mol. The number of aliphatic imine (C=N–C) groups is 2. The normalized spacial score (nSPS) is 22.8. The molecule has 10 heteroatoms. The van der Waals surface area contributed by atoms with Gasteiger partial charge in [0.05, 0.1) is 18.2 Å². The number of hydrogen-bond acceptors (Lipinski definition) is 5. The van der Waals surface area contributed by atoms with Crippen LogP contribution in [0.2, 0.25) is 0 Å². The lowest BCUT2D eigenvalue weighted by Crippen LogP contribution is -2.55. The van der Waals surface area contributed by atoms with Gasteiger partial charge in [-0.2, -0.15) is 0 Å². The molecule has 2 aliphatic heterocycles. The van der Waals surface area contributed by atoms with Gasteiger partial charge in [-0.25, -0.2) is 19.2 Å². The van der Waals surface area contributed by atoms with Gasteiger partial charge in [-0.05, 0) is 50.7 Å². The monoisotopic (exact) mass is 502 g/mol. The minimum atomic E-state index is -1.34. The van der Waals surface area contributed by atoms with Crippen LogP contribution in [0.5, 0.6) is 0 Å². The summed E-state index contributed by atoms with van der Waals surface area (Å²) >= 11 is 0. The predicted molar refractivity (Wildman–Crippen MR) is 139 cm³/mol. The van der Waals surface area contributed by atoms with Crippen molar-refractivity contribution in [3.8, 4) is 0 Å². The SMILES string of the molecule is CC[C@H]1CCCCN1C(=O)C[C@H](NC(=O)N(C)CC(C)C)C(=O)N[C@@H](C)C1=NC2=CC=CC(F)C2=N1. The van der Waals surface area contributed by atoms with Crippen LogP contribution in [0.3, 0.4) is 0 Å². The van der Waals surface area contributed by atoms with Gasteiger partial charge in [0.1, 0.15) is 11.8 Å². The van der Waals surface area contributed by atoms with Gasteiger partial charge in [0.2, 0.25) is 11.8 Å². The van der Waals surface area contributed by atoms with Crippen LogP contribution in [0, 0.1) is 5.92 Å². The Morgan fingerprint density at radius 2 is 1.94 bits per heavy atom. The van der Waals surface area contributed by atoms with E-state index >= 15 is 0 Å². The Bertz CT molecular complexity index is 973. The molecule has 1 fully saturated rings. The maximum absolute atomic E-state index is 14.1. The van der Waals surface area contributed by atoms with E-state index in [9.17, 15) is 18.8 Å². The van der Waals surface area contributed by atoms with Gasteiger partial charge in [-0.3, -0.25) is 9.59 Å². The number of halogens is 1. The van der Waals surface area contributed by atoms with Gasteiger partial charge in [0.25, 0.3) is 0 Å². The van der Waals surface area contributed by atoms with Crippen LogP contribution < -0.4 is 10.6 Å². The summed E-state index contributed by atoms with van der Waals surface area (Å²) in [5, 5.41) is 5.56. The van der Waals surface area contributed by atoms with Crippen LogP contribution in [-0.4, -0.2) is 83.6 Å². The minimum Gasteiger partial charge on any atom is -0.345 e. The van der Waals surface area contributed by atoms with E-state index in [-0.39, 0.29) is 35.8 Å². The highest BCUT2D eigenvalue weighted by atomic mass is 19.1. The van der Waals surface area contributed by atoms with Crippen molar-refractivity contribution in [1.82, 2.24) is 20.4 Å². The Hall–Kier alpha value is -3.04. The zero-order valence-electron chi connectivity index (χ0n) is 22.0. The molecule has 2 N–H and O–H groups in total. The van der Waals surface area contributed by atoms with E-state index in [1.165, 1.54) is 11.0 Å². The van der Waals surface area contributed by atoms with Crippen LogP contribution >= 0.6 is 0 Å². The Kier molecular flexibility index (Phi) is 9.39. The Labute approximate surface area is 213 Å². The summed E-state index contributed by atoms with van der Waals surface area (Å²) < 4.78 is 14.1. The van der Waals surface area contributed by atoms with E-state index in [0.29, 0.717) is 18.8 Å². The predicted octanol–water partition coefficient (Wildman–Crippen LogP) is 2.98. The second kappa shape index (κ2) is 12.3. The van der Waals surface area contributed by atoms with Gasteiger partial charge < -0.3 is 20.4 Å². The third kappa shape index (κ3) is 6.79. The highest BCUT2D eigenvalue weighted by Gasteiger charge is 2.33. The molecule has 2 heterocycles. The number of likely N-dealkylation sites (tertiary alicyclic amines) is 1. The number of piperidine rings is 1. The third-order valence-corrected chi connectivity index (χ3v) is 6.67. The van der Waals surface area contributed by atoms with E-state index in [0.717, 1.165) is 25.7 Å². The molecule has 4 amide bonds. The molecule has 0 aromatic rings. The van der Waals surface area contributed by atoms with E-state index in [1.54, 1.807) is 26.1 Å². The van der Waals surface area contributed by atoms with Crippen LogP contribution in [0.4, 0.5) is 9.18 Å². The Morgan fingerprint density at radius 3 is 2.61 bits per heavy atom. The van der Waals surface area contributed by atoms with Crippen molar-refractivity contribution in [2.45, 2.75) is 84.1 Å². The summed E-state index contributed by atoms with van der Waals surface area (Å²) in [7, 11) is 1.66. The van der Waals surface area contributed by atoms with Gasteiger partial charge in [0.15, 0.2) is 12.0 Å². The number of amides is 4. The van der Waals surface area contributed by atoms with Gasteiger partial charge in [-0.1, -0.05) is 26.8 Å². The Morgan fingerprint density at radius 1 is 1.19 bits per heavy atom. The zero-order valence-corrected chi connectivity index (χ0v) is 22.0. The molecule has 198 valence electrons. The molecule has 0 aromatic carbocycles. The first kappa shape index (κ1) is 27.5. The molecule has 36 heavy (non-hydrogen) atoms. The Balaban J connectivity index is 1.72. The first-order valence-electron chi connectivity index (χ1n) is 12.9. The van der Waals surface area contributed by atoms with Crippen molar-refractivity contribution in [3.63, 3.8) is 0 Å². The van der Waals surface area contributed by atoms with E-state index in [1.807, 2.05) is 18.7 Å². The third-order valence-electron chi connectivity index (χ3n) is 6.67. The van der Waals surface area contributed by atoms with Crippen molar-refractivity contribution in [2.24, 2.45) is 15.9 Å². The summed E-state index contributed by atoms with van der Waals surface area (Å²) in [6, 6.07) is -1.97. The maximum atomic E-state index is 14.1. The zero-order chi connectivity index (χ0) is 26.4. The summed E-state index contributed by atoms with van der Waals surface area (Å²) in [6.07, 6.45) is 6.97. The molecule has 0 aromatic heterocycles. The average Bonchev–Trinajstić information content (AvgIpc) is 3.29. The second-order valence-electron chi connectivity index (χ2n) is 10.2. The first-order chi connectivity index (χ1) is 17.1. The van der Waals surface area contributed by atoms with Crippen molar-refractivity contribution in [3.05, 3.63) is 23.9 Å². The molecule has 3 rings (SSSR count). The van der Waals surface area contributed by atoms with Crippen molar-refractivity contribution < 1.29 is 18.8 Å². The lowest BCUT2D eigenvalue weighted by atomic mass is 9.99. The quantitative estimate of drug-likeness (QED) is 0.506. The molecule has 0 bridgehead atoms. The number of allylic oxidation sites excluding steroid dienone is 4. The molecule has 0 radical (unpaired) electrons. The lowest BCUT2D eigenvalue weighted by molar-refractivity contribution is -0.138. The number of carbonyl (C=O) groups excluding carboxylic acids is 3. The molecule has 1 unspecified atom stereocenters. The van der Waals surface area contributed by atoms with Crippen LogP contribution in [-0.2, 0) is 9.59 Å². The van der Waals surface area contributed by atoms with E-state index < -0.39 is 30.2 Å². The molecule has 1 saturated heterocycles. The molecular weight excluding hydrogens is 463 g/mol. The number of amidine groups is 1. The van der Waals surface area contributed by atoms with Gasteiger partial charge in [-0.15, -0.1) is 0 Å². The van der Waals surface area contributed by atoms with E-state index in [2.05, 4.69) is 27.5 Å². The minimum absolute atomic E-state index is 0.140. The van der Waals surface area contributed by atoms with Crippen molar-refractivity contribution in [1.29, 1.82) is 0 Å². The van der Waals surface area contributed by atoms with Crippen molar-refractivity contribution >= 4 is 29.4 Å². The summed E-state index contributed by atoms with van der Waals surface area (Å²) in [5.74, 6) is -0.123. The number of urea groups is 1. The van der Waals surface area contributed by atoms with Crippen LogP contribution in [0.1, 0.15) is 59.8 Å². The van der Waals surface area contributed by atoms with Crippen molar-refractivity contribution in [2.75, 3.05) is 20.1 Å². The molecule has 0 spiro atoms. The molecule has 3 aliphatic rings. The smallest absolute Gasteiger partial charge is 0.317 e. The second-order valence-corrected chi connectivity index (χ2v) is 10.2. The van der Waals surface area contributed by atoms with Gasteiger partial charge >= 0.3 is 6.03 Å². The number of rotatable bonds is 9. The fourth-order valence-corrected chi connectivity index (χ4v) is 4.76. The molecule has 0 saturated carbocycles. The molecule has 9 nitrogen and oxygen atoms in total. The first-order valence-corrected chi connectivity index (χ1v) is 12.9.